The van der Waals surface area contributed by atoms with Crippen molar-refractivity contribution in [2.24, 2.45) is 0 Å². The Balaban J connectivity index is 1.95. The number of amides is 3. The minimum atomic E-state index is -1.15. The van der Waals surface area contributed by atoms with Crippen LogP contribution in [0.3, 0.4) is 0 Å². The van der Waals surface area contributed by atoms with E-state index in [9.17, 15) is 9.59 Å². The number of hydrogen-bond donors (Lipinski definition) is 1. The highest BCUT2D eigenvalue weighted by Gasteiger charge is 2.49. The van der Waals surface area contributed by atoms with Crippen LogP contribution in [0.15, 0.2) is 42.5 Å². The smallest absolute Gasteiger partial charge is 0.319 e. The number of rotatable bonds is 3. The summed E-state index contributed by atoms with van der Waals surface area (Å²) in [5, 5.41) is 3.25. The first-order valence-corrected chi connectivity index (χ1v) is 8.16. The highest BCUT2D eigenvalue weighted by Crippen LogP contribution is 2.34. The van der Waals surface area contributed by atoms with Gasteiger partial charge in [-0.2, -0.15) is 0 Å². The van der Waals surface area contributed by atoms with Gasteiger partial charge >= 0.3 is 6.03 Å². The van der Waals surface area contributed by atoms with Crippen molar-refractivity contribution >= 4 is 23.5 Å². The van der Waals surface area contributed by atoms with Crippen molar-refractivity contribution in [1.82, 2.24) is 10.2 Å². The summed E-state index contributed by atoms with van der Waals surface area (Å²) in [5.74, 6) is -0.290. The van der Waals surface area contributed by atoms with Gasteiger partial charge in [0.15, 0.2) is 0 Å². The molecule has 0 radical (unpaired) electrons. The van der Waals surface area contributed by atoms with Gasteiger partial charge in [-0.25, -0.2) is 4.79 Å². The summed E-state index contributed by atoms with van der Waals surface area (Å²) in [6.07, 6.45) is 0. The Kier molecular flexibility index (Phi) is 4.10. The van der Waals surface area contributed by atoms with E-state index >= 15 is 0 Å². The third-order valence-electron chi connectivity index (χ3n) is 4.52. The van der Waals surface area contributed by atoms with E-state index in [0.717, 1.165) is 16.7 Å². The molecule has 0 unspecified atom stereocenters. The predicted molar refractivity (Wildman–Crippen MR) is 93.8 cm³/mol. The molecule has 0 saturated carbocycles. The van der Waals surface area contributed by atoms with Crippen molar-refractivity contribution in [2.75, 3.05) is 0 Å². The molecular weight excluding hydrogens is 324 g/mol. The number of aryl methyl sites for hydroxylation is 2. The molecule has 1 aliphatic rings. The van der Waals surface area contributed by atoms with Crippen LogP contribution in [0.4, 0.5) is 4.79 Å². The Morgan fingerprint density at radius 1 is 1.12 bits per heavy atom. The molecule has 1 aliphatic heterocycles. The van der Waals surface area contributed by atoms with E-state index in [2.05, 4.69) is 5.32 Å². The van der Waals surface area contributed by atoms with Gasteiger partial charge in [0.25, 0.3) is 5.91 Å². The van der Waals surface area contributed by atoms with E-state index in [0.29, 0.717) is 10.6 Å². The van der Waals surface area contributed by atoms with Crippen LogP contribution >= 0.6 is 11.6 Å². The summed E-state index contributed by atoms with van der Waals surface area (Å²) >= 11 is 6.24. The summed E-state index contributed by atoms with van der Waals surface area (Å²) in [5.41, 5.74) is 2.56. The maximum absolute atomic E-state index is 13.0. The average molecular weight is 343 g/mol. The van der Waals surface area contributed by atoms with Crippen molar-refractivity contribution in [1.29, 1.82) is 0 Å². The van der Waals surface area contributed by atoms with Gasteiger partial charge in [0.05, 0.1) is 6.54 Å². The van der Waals surface area contributed by atoms with E-state index in [-0.39, 0.29) is 12.5 Å². The number of carbonyl (C=O) groups excluding carboxylic acids is 2. The fraction of sp³-hybridized carbons (Fsp3) is 0.263. The number of nitrogens with zero attached hydrogens (tertiary/aromatic N) is 1. The maximum atomic E-state index is 13.0. The molecular formula is C19H19ClN2O2. The van der Waals surface area contributed by atoms with Gasteiger partial charge in [-0.1, -0.05) is 53.6 Å². The Hall–Kier alpha value is -2.33. The zero-order valence-corrected chi connectivity index (χ0v) is 14.6. The van der Waals surface area contributed by atoms with Gasteiger partial charge in [0.1, 0.15) is 5.54 Å². The number of nitrogens with one attached hydrogen (secondary N) is 1. The van der Waals surface area contributed by atoms with Gasteiger partial charge in [-0.15, -0.1) is 0 Å². The van der Waals surface area contributed by atoms with Crippen molar-refractivity contribution in [3.63, 3.8) is 0 Å². The van der Waals surface area contributed by atoms with E-state index < -0.39 is 11.6 Å². The maximum Gasteiger partial charge on any atom is 0.325 e. The van der Waals surface area contributed by atoms with Crippen LogP contribution in [-0.2, 0) is 16.9 Å². The van der Waals surface area contributed by atoms with Gasteiger partial charge in [-0.3, -0.25) is 9.69 Å². The monoisotopic (exact) mass is 342 g/mol. The molecule has 1 heterocycles. The molecule has 2 aromatic carbocycles. The van der Waals surface area contributed by atoms with Gasteiger partial charge < -0.3 is 5.32 Å². The Labute approximate surface area is 146 Å². The normalized spacial score (nSPS) is 20.4. The highest BCUT2D eigenvalue weighted by atomic mass is 35.5. The van der Waals surface area contributed by atoms with Gasteiger partial charge in [-0.05, 0) is 38.0 Å². The van der Waals surface area contributed by atoms with E-state index in [4.69, 9.17) is 11.6 Å². The number of halogens is 1. The fourth-order valence-electron chi connectivity index (χ4n) is 3.03. The highest BCUT2D eigenvalue weighted by molar-refractivity contribution is 6.32. The number of benzene rings is 2. The molecule has 3 amide bonds. The molecule has 0 aromatic heterocycles. The second-order valence-electron chi connectivity index (χ2n) is 6.36. The molecule has 3 rings (SSSR count). The Morgan fingerprint density at radius 2 is 1.83 bits per heavy atom. The molecule has 24 heavy (non-hydrogen) atoms. The summed E-state index contributed by atoms with van der Waals surface area (Å²) < 4.78 is 0. The van der Waals surface area contributed by atoms with Crippen molar-refractivity contribution in [2.45, 2.75) is 32.9 Å². The van der Waals surface area contributed by atoms with Crippen LogP contribution in [0.25, 0.3) is 0 Å². The molecule has 1 N–H and O–H groups in total. The van der Waals surface area contributed by atoms with E-state index in [1.165, 1.54) is 4.90 Å². The lowest BCUT2D eigenvalue weighted by Crippen LogP contribution is -2.41. The van der Waals surface area contributed by atoms with Crippen LogP contribution in [-0.4, -0.2) is 16.8 Å². The summed E-state index contributed by atoms with van der Waals surface area (Å²) in [7, 11) is 0. The third-order valence-corrected chi connectivity index (χ3v) is 4.85. The second kappa shape index (κ2) is 5.95. The largest absolute Gasteiger partial charge is 0.325 e. The number of urea groups is 1. The van der Waals surface area contributed by atoms with Crippen molar-refractivity contribution < 1.29 is 9.59 Å². The molecule has 1 atom stereocenters. The Bertz CT molecular complexity index is 834. The zero-order chi connectivity index (χ0) is 17.5. The van der Waals surface area contributed by atoms with E-state index in [1.54, 1.807) is 31.2 Å². The summed E-state index contributed by atoms with van der Waals surface area (Å²) in [6, 6.07) is 12.7. The minimum absolute atomic E-state index is 0.248. The lowest BCUT2D eigenvalue weighted by molar-refractivity contribution is -0.131. The van der Waals surface area contributed by atoms with Crippen LogP contribution in [0.1, 0.15) is 29.2 Å². The molecule has 1 saturated heterocycles. The predicted octanol–water partition coefficient (Wildman–Crippen LogP) is 3.92. The van der Waals surface area contributed by atoms with Crippen LogP contribution in [0, 0.1) is 13.8 Å². The molecule has 1 fully saturated rings. The summed E-state index contributed by atoms with van der Waals surface area (Å²) in [6.45, 7) is 5.90. The summed E-state index contributed by atoms with van der Waals surface area (Å²) in [4.78, 5) is 26.7. The Morgan fingerprint density at radius 3 is 2.54 bits per heavy atom. The van der Waals surface area contributed by atoms with Crippen LogP contribution in [0.5, 0.6) is 0 Å². The lowest BCUT2D eigenvalue weighted by Gasteiger charge is -2.23. The average Bonchev–Trinajstić information content (AvgIpc) is 2.75. The van der Waals surface area contributed by atoms with Crippen LogP contribution < -0.4 is 5.32 Å². The molecule has 4 nitrogen and oxygen atoms in total. The number of imide groups is 1. The molecule has 0 bridgehead atoms. The van der Waals surface area contributed by atoms with Crippen LogP contribution in [0.2, 0.25) is 5.02 Å². The second-order valence-corrected chi connectivity index (χ2v) is 6.76. The molecule has 0 spiro atoms. The zero-order valence-electron chi connectivity index (χ0n) is 13.9. The fourth-order valence-corrected chi connectivity index (χ4v) is 3.36. The number of carbonyl (C=O) groups is 2. The van der Waals surface area contributed by atoms with Crippen molar-refractivity contribution in [3.05, 3.63) is 69.7 Å². The first kappa shape index (κ1) is 16.5. The standard InChI is InChI=1S/C19H19ClN2O2/c1-12-8-9-13(2)14(10-12)11-22-17(23)19(3,21-18(22)24)15-6-4-5-7-16(15)20/h4-10H,11H2,1-3H3,(H,21,24)/t19-/m0/s1. The topological polar surface area (TPSA) is 49.4 Å². The third kappa shape index (κ3) is 2.67. The quantitative estimate of drug-likeness (QED) is 0.859. The molecule has 0 aliphatic carbocycles. The first-order chi connectivity index (χ1) is 11.3. The molecule has 5 heteroatoms. The lowest BCUT2D eigenvalue weighted by atomic mass is 9.92. The van der Waals surface area contributed by atoms with Crippen molar-refractivity contribution in [3.8, 4) is 0 Å². The van der Waals surface area contributed by atoms with E-state index in [1.807, 2.05) is 32.0 Å². The molecule has 2 aromatic rings. The molecule has 124 valence electrons. The van der Waals surface area contributed by atoms with Gasteiger partial charge in [0.2, 0.25) is 0 Å². The number of hydrogen-bond acceptors (Lipinski definition) is 2. The first-order valence-electron chi connectivity index (χ1n) is 7.78. The minimum Gasteiger partial charge on any atom is -0.319 e. The SMILES string of the molecule is Cc1ccc(C)c(CN2C(=O)N[C@@](C)(c3ccccc3Cl)C2=O)c1. The van der Waals surface area contributed by atoms with Gasteiger partial charge in [0, 0.05) is 10.6 Å².